The second kappa shape index (κ2) is 10.8. The molecule has 0 atom stereocenters. The maximum atomic E-state index is 13.7. The lowest BCUT2D eigenvalue weighted by Gasteiger charge is -2.27. The molecule has 6 aromatic carbocycles. The van der Waals surface area contributed by atoms with Crippen molar-refractivity contribution in [3.63, 3.8) is 0 Å². The van der Waals surface area contributed by atoms with Crippen molar-refractivity contribution < 1.29 is 9.59 Å². The lowest BCUT2D eigenvalue weighted by Crippen LogP contribution is -2.40. The molecule has 0 unspecified atom stereocenters. The summed E-state index contributed by atoms with van der Waals surface area (Å²) < 4.78 is 0. The van der Waals surface area contributed by atoms with Crippen LogP contribution in [0, 0.1) is 0 Å². The van der Waals surface area contributed by atoms with Gasteiger partial charge >= 0.3 is 0 Å². The Bertz CT molecular complexity index is 2210. The molecule has 8 rings (SSSR count). The molecule has 6 heteroatoms. The standard InChI is InChI=1S/C39H24N4O2/c44-38-32-18-10-17-30-31(23-24-33(34(30)32)39(45)43(38)29-15-8-3-9-16-29)37-41-35(27-13-6-2-7-14-27)40-36(42-37)28-21-19-26(20-22-28)25-11-4-1-5-12-25/h1-24H. The average molecular weight is 581 g/mol. The highest BCUT2D eigenvalue weighted by Crippen LogP contribution is 2.38. The van der Waals surface area contributed by atoms with Gasteiger partial charge in [-0.2, -0.15) is 0 Å². The predicted octanol–water partition coefficient (Wildman–Crippen LogP) is 8.49. The van der Waals surface area contributed by atoms with E-state index in [2.05, 4.69) is 24.3 Å². The van der Waals surface area contributed by atoms with Gasteiger partial charge in [0.2, 0.25) is 0 Å². The number of hydrogen-bond donors (Lipinski definition) is 0. The summed E-state index contributed by atoms with van der Waals surface area (Å²) in [5.41, 5.74) is 6.10. The van der Waals surface area contributed by atoms with Gasteiger partial charge in [-0.25, -0.2) is 19.9 Å². The van der Waals surface area contributed by atoms with Crippen LogP contribution in [0.3, 0.4) is 0 Å². The first-order valence-electron chi connectivity index (χ1n) is 14.6. The molecule has 0 saturated heterocycles. The fourth-order valence-electron chi connectivity index (χ4n) is 5.89. The van der Waals surface area contributed by atoms with E-state index in [1.165, 1.54) is 4.90 Å². The Morgan fingerprint density at radius 2 is 0.844 bits per heavy atom. The average Bonchev–Trinajstić information content (AvgIpc) is 3.11. The van der Waals surface area contributed by atoms with Crippen molar-refractivity contribution in [2.75, 3.05) is 4.90 Å². The highest BCUT2D eigenvalue weighted by molar-refractivity contribution is 6.36. The normalized spacial score (nSPS) is 12.5. The topological polar surface area (TPSA) is 76.0 Å². The number of aromatic nitrogens is 3. The molecule has 1 aromatic heterocycles. The van der Waals surface area contributed by atoms with Crippen LogP contribution < -0.4 is 4.90 Å². The number of carbonyl (C=O) groups is 2. The maximum Gasteiger partial charge on any atom is 0.265 e. The van der Waals surface area contributed by atoms with Gasteiger partial charge in [0, 0.05) is 33.2 Å². The third-order valence-corrected chi connectivity index (χ3v) is 8.08. The second-order valence-corrected chi connectivity index (χ2v) is 10.8. The quantitative estimate of drug-likeness (QED) is 0.191. The van der Waals surface area contributed by atoms with Gasteiger partial charge < -0.3 is 0 Å². The minimum absolute atomic E-state index is 0.360. The zero-order chi connectivity index (χ0) is 30.3. The van der Waals surface area contributed by atoms with E-state index < -0.39 is 0 Å². The van der Waals surface area contributed by atoms with Gasteiger partial charge in [-0.15, -0.1) is 0 Å². The first-order chi connectivity index (χ1) is 22.2. The molecule has 0 spiro atoms. The van der Waals surface area contributed by atoms with Crippen molar-refractivity contribution >= 4 is 28.3 Å². The molecule has 2 heterocycles. The number of hydrogen-bond acceptors (Lipinski definition) is 5. The summed E-state index contributed by atoms with van der Waals surface area (Å²) >= 11 is 0. The number of carbonyl (C=O) groups excluding carboxylic acids is 2. The monoisotopic (exact) mass is 580 g/mol. The van der Waals surface area contributed by atoms with Crippen LogP contribution >= 0.6 is 0 Å². The fraction of sp³-hybridized carbons (Fsp3) is 0. The summed E-state index contributed by atoms with van der Waals surface area (Å²) in [4.78, 5) is 43.5. The SMILES string of the molecule is O=C1c2cccc3c(-c4nc(-c5ccccc5)nc(-c5ccc(-c6ccccc6)cc5)n4)ccc(c23)C(=O)N1c1ccccc1. The Kier molecular flexibility index (Phi) is 6.31. The van der Waals surface area contributed by atoms with Crippen molar-refractivity contribution in [3.8, 4) is 45.3 Å². The number of anilines is 1. The van der Waals surface area contributed by atoms with Crippen molar-refractivity contribution in [1.82, 2.24) is 15.0 Å². The third-order valence-electron chi connectivity index (χ3n) is 8.08. The highest BCUT2D eigenvalue weighted by Gasteiger charge is 2.34. The molecule has 2 amide bonds. The molecule has 7 aromatic rings. The van der Waals surface area contributed by atoms with E-state index in [9.17, 15) is 9.59 Å². The lowest BCUT2D eigenvalue weighted by molar-refractivity contribution is 0.0893. The molecule has 0 fully saturated rings. The van der Waals surface area contributed by atoms with Gasteiger partial charge in [0.1, 0.15) is 0 Å². The Hall–Kier alpha value is -6.27. The molecule has 0 N–H and O–H groups in total. The van der Waals surface area contributed by atoms with Crippen LogP contribution in [-0.4, -0.2) is 26.8 Å². The zero-order valence-electron chi connectivity index (χ0n) is 24.0. The van der Waals surface area contributed by atoms with Crippen LogP contribution in [0.1, 0.15) is 20.7 Å². The third kappa shape index (κ3) is 4.56. The van der Waals surface area contributed by atoms with Crippen LogP contribution in [0.4, 0.5) is 5.69 Å². The summed E-state index contributed by atoms with van der Waals surface area (Å²) in [6, 6.07) is 46.3. The second-order valence-electron chi connectivity index (χ2n) is 10.8. The van der Waals surface area contributed by atoms with E-state index in [0.717, 1.165) is 27.6 Å². The molecular weight excluding hydrogens is 556 g/mol. The van der Waals surface area contributed by atoms with Gasteiger partial charge in [-0.1, -0.05) is 115 Å². The molecule has 1 aliphatic heterocycles. The first-order valence-corrected chi connectivity index (χ1v) is 14.6. The molecule has 0 radical (unpaired) electrons. The molecule has 1 aliphatic rings. The van der Waals surface area contributed by atoms with Gasteiger partial charge in [-0.3, -0.25) is 9.59 Å². The fourth-order valence-corrected chi connectivity index (χ4v) is 5.89. The van der Waals surface area contributed by atoms with Gasteiger partial charge in [0.15, 0.2) is 17.5 Å². The minimum Gasteiger partial charge on any atom is -0.268 e. The highest BCUT2D eigenvalue weighted by atomic mass is 16.2. The maximum absolute atomic E-state index is 13.7. The number of imide groups is 1. The predicted molar refractivity (Wildman–Crippen MR) is 177 cm³/mol. The van der Waals surface area contributed by atoms with Crippen LogP contribution in [0.25, 0.3) is 56.1 Å². The van der Waals surface area contributed by atoms with Crippen molar-refractivity contribution in [2.24, 2.45) is 0 Å². The largest absolute Gasteiger partial charge is 0.268 e. The van der Waals surface area contributed by atoms with E-state index in [1.807, 2.05) is 97.1 Å². The molecule has 0 saturated carbocycles. The van der Waals surface area contributed by atoms with Gasteiger partial charge in [0.05, 0.1) is 5.69 Å². The number of benzene rings is 6. The molecule has 212 valence electrons. The lowest BCUT2D eigenvalue weighted by atomic mass is 9.90. The van der Waals surface area contributed by atoms with Gasteiger partial charge in [0.25, 0.3) is 11.8 Å². The Morgan fingerprint density at radius 3 is 1.49 bits per heavy atom. The summed E-state index contributed by atoms with van der Waals surface area (Å²) in [6.45, 7) is 0. The minimum atomic E-state index is -0.360. The van der Waals surface area contributed by atoms with Crippen molar-refractivity contribution in [3.05, 3.63) is 157 Å². The first kappa shape index (κ1) is 26.4. The van der Waals surface area contributed by atoms with Crippen LogP contribution in [0.2, 0.25) is 0 Å². The summed E-state index contributed by atoms with van der Waals surface area (Å²) in [5.74, 6) is 0.801. The summed E-state index contributed by atoms with van der Waals surface area (Å²) in [6.07, 6.45) is 0. The Balaban J connectivity index is 1.29. The Morgan fingerprint density at radius 1 is 0.378 bits per heavy atom. The van der Waals surface area contributed by atoms with Crippen molar-refractivity contribution in [2.45, 2.75) is 0 Å². The summed E-state index contributed by atoms with van der Waals surface area (Å²) in [5, 5.41) is 1.34. The molecular formula is C39H24N4O2. The molecule has 0 bridgehead atoms. The molecule has 0 aliphatic carbocycles. The van der Waals surface area contributed by atoms with E-state index in [1.54, 1.807) is 24.3 Å². The smallest absolute Gasteiger partial charge is 0.265 e. The van der Waals surface area contributed by atoms with Gasteiger partial charge in [-0.05, 0) is 46.8 Å². The van der Waals surface area contributed by atoms with E-state index in [4.69, 9.17) is 15.0 Å². The van der Waals surface area contributed by atoms with Crippen LogP contribution in [0.15, 0.2) is 146 Å². The van der Waals surface area contributed by atoms with E-state index >= 15 is 0 Å². The van der Waals surface area contributed by atoms with Crippen LogP contribution in [0.5, 0.6) is 0 Å². The Labute approximate surface area is 259 Å². The van der Waals surface area contributed by atoms with Crippen molar-refractivity contribution in [1.29, 1.82) is 0 Å². The number of amides is 2. The number of para-hydroxylation sites is 1. The summed E-state index contributed by atoms with van der Waals surface area (Å²) in [7, 11) is 0. The number of nitrogens with zero attached hydrogens (tertiary/aromatic N) is 4. The number of rotatable bonds is 5. The molecule has 6 nitrogen and oxygen atoms in total. The van der Waals surface area contributed by atoms with E-state index in [-0.39, 0.29) is 11.8 Å². The molecule has 45 heavy (non-hydrogen) atoms. The van der Waals surface area contributed by atoms with E-state index in [0.29, 0.717) is 45.2 Å². The van der Waals surface area contributed by atoms with Crippen LogP contribution in [-0.2, 0) is 0 Å². The zero-order valence-corrected chi connectivity index (χ0v) is 24.0.